The molecular weight excluding hydrogens is 174 g/mol. The molecule has 0 aliphatic heterocycles. The Bertz CT molecular complexity index is 189. The van der Waals surface area contributed by atoms with Gasteiger partial charge in [-0.1, -0.05) is 12.8 Å². The van der Waals surface area contributed by atoms with Gasteiger partial charge in [-0.3, -0.25) is 4.79 Å². The van der Waals surface area contributed by atoms with Gasteiger partial charge in [-0.15, -0.1) is 0 Å². The van der Waals surface area contributed by atoms with E-state index in [0.717, 1.165) is 25.8 Å². The van der Waals surface area contributed by atoms with Crippen molar-refractivity contribution in [3.63, 3.8) is 0 Å². The van der Waals surface area contributed by atoms with Crippen LogP contribution >= 0.6 is 0 Å². The van der Waals surface area contributed by atoms with Gasteiger partial charge in [-0.2, -0.15) is 0 Å². The fourth-order valence-electron chi connectivity index (χ4n) is 1.98. The van der Waals surface area contributed by atoms with E-state index in [1.807, 2.05) is 0 Å². The second kappa shape index (κ2) is 5.50. The van der Waals surface area contributed by atoms with E-state index in [0.29, 0.717) is 17.7 Å². The fraction of sp³-hybridized carbons (Fsp3) is 0.917. The Hall–Kier alpha value is -0.370. The second-order valence-electron chi connectivity index (χ2n) is 4.80. The van der Waals surface area contributed by atoms with Gasteiger partial charge in [-0.25, -0.2) is 0 Å². The number of carbonyl (C=O) groups excluding carboxylic acids is 1. The third-order valence-electron chi connectivity index (χ3n) is 3.32. The summed E-state index contributed by atoms with van der Waals surface area (Å²) in [7, 11) is 2.11. The Balaban J connectivity index is 2.44. The molecule has 0 aromatic rings. The Kier molecular flexibility index (Phi) is 4.59. The first-order valence-corrected chi connectivity index (χ1v) is 5.84. The van der Waals surface area contributed by atoms with Gasteiger partial charge in [0.1, 0.15) is 5.78 Å². The molecule has 0 amide bonds. The molecule has 0 aromatic carbocycles. The SMILES string of the molecule is CC(C)N(C)CC1CCCCCC1=O. The van der Waals surface area contributed by atoms with Crippen LogP contribution in [0.3, 0.4) is 0 Å². The van der Waals surface area contributed by atoms with Crippen LogP contribution in [0.15, 0.2) is 0 Å². The van der Waals surface area contributed by atoms with Crippen molar-refractivity contribution in [1.29, 1.82) is 0 Å². The number of nitrogens with zero attached hydrogens (tertiary/aromatic N) is 1. The smallest absolute Gasteiger partial charge is 0.137 e. The van der Waals surface area contributed by atoms with Crippen LogP contribution in [0.25, 0.3) is 0 Å². The van der Waals surface area contributed by atoms with E-state index in [2.05, 4.69) is 25.8 Å². The van der Waals surface area contributed by atoms with Gasteiger partial charge in [0.05, 0.1) is 0 Å². The molecule has 14 heavy (non-hydrogen) atoms. The standard InChI is InChI=1S/C12H23NO/c1-10(2)13(3)9-11-7-5-4-6-8-12(11)14/h10-11H,4-9H2,1-3H3. The maximum Gasteiger partial charge on any atom is 0.137 e. The second-order valence-corrected chi connectivity index (χ2v) is 4.80. The molecule has 1 rings (SSSR count). The van der Waals surface area contributed by atoms with Crippen molar-refractivity contribution < 1.29 is 4.79 Å². The summed E-state index contributed by atoms with van der Waals surface area (Å²) in [6, 6.07) is 0.547. The highest BCUT2D eigenvalue weighted by Gasteiger charge is 2.22. The molecule has 2 heteroatoms. The summed E-state index contributed by atoms with van der Waals surface area (Å²) in [6.45, 7) is 5.32. The molecule has 1 atom stereocenters. The Morgan fingerprint density at radius 1 is 1.36 bits per heavy atom. The molecule has 0 bridgehead atoms. The molecule has 0 saturated heterocycles. The molecule has 1 unspecified atom stereocenters. The normalized spacial score (nSPS) is 24.4. The van der Waals surface area contributed by atoms with Crippen LogP contribution in [-0.4, -0.2) is 30.3 Å². The average molecular weight is 197 g/mol. The Morgan fingerprint density at radius 2 is 2.07 bits per heavy atom. The van der Waals surface area contributed by atoms with Crippen molar-refractivity contribution in [3.8, 4) is 0 Å². The highest BCUT2D eigenvalue weighted by molar-refractivity contribution is 5.81. The largest absolute Gasteiger partial charge is 0.303 e. The van der Waals surface area contributed by atoms with Crippen molar-refractivity contribution in [2.45, 2.75) is 52.0 Å². The van der Waals surface area contributed by atoms with Crippen molar-refractivity contribution in [2.75, 3.05) is 13.6 Å². The number of rotatable bonds is 3. The maximum absolute atomic E-state index is 11.7. The highest BCUT2D eigenvalue weighted by atomic mass is 16.1. The van der Waals surface area contributed by atoms with Gasteiger partial charge in [-0.05, 0) is 33.7 Å². The molecule has 1 aliphatic rings. The summed E-state index contributed by atoms with van der Waals surface area (Å²) in [6.07, 6.45) is 5.52. The van der Waals surface area contributed by atoms with Gasteiger partial charge in [0, 0.05) is 24.9 Å². The lowest BCUT2D eigenvalue weighted by molar-refractivity contribution is -0.123. The van der Waals surface area contributed by atoms with Crippen molar-refractivity contribution in [1.82, 2.24) is 4.90 Å². The van der Waals surface area contributed by atoms with Gasteiger partial charge >= 0.3 is 0 Å². The minimum Gasteiger partial charge on any atom is -0.303 e. The number of hydrogen-bond acceptors (Lipinski definition) is 2. The Labute approximate surface area is 87.7 Å². The molecule has 1 aliphatic carbocycles. The number of Topliss-reactive ketones (excluding diaryl/α,β-unsaturated/α-hetero) is 1. The van der Waals surface area contributed by atoms with E-state index < -0.39 is 0 Å². The first-order chi connectivity index (χ1) is 6.61. The molecule has 0 radical (unpaired) electrons. The molecule has 0 N–H and O–H groups in total. The van der Waals surface area contributed by atoms with Crippen LogP contribution in [0.5, 0.6) is 0 Å². The minimum absolute atomic E-state index is 0.310. The van der Waals surface area contributed by atoms with E-state index in [9.17, 15) is 4.79 Å². The number of carbonyl (C=O) groups is 1. The maximum atomic E-state index is 11.7. The molecular formula is C12H23NO. The van der Waals surface area contributed by atoms with Gasteiger partial charge in [0.15, 0.2) is 0 Å². The lowest BCUT2D eigenvalue weighted by atomic mass is 9.98. The van der Waals surface area contributed by atoms with Gasteiger partial charge in [0.25, 0.3) is 0 Å². The summed E-state index contributed by atoms with van der Waals surface area (Å²) in [5, 5.41) is 0. The molecule has 0 heterocycles. The van der Waals surface area contributed by atoms with Crippen LogP contribution in [-0.2, 0) is 4.79 Å². The Morgan fingerprint density at radius 3 is 2.71 bits per heavy atom. The molecule has 82 valence electrons. The number of ketones is 1. The summed E-state index contributed by atoms with van der Waals surface area (Å²) in [5.41, 5.74) is 0. The van der Waals surface area contributed by atoms with E-state index >= 15 is 0 Å². The van der Waals surface area contributed by atoms with Gasteiger partial charge in [0.2, 0.25) is 0 Å². The van der Waals surface area contributed by atoms with Crippen LogP contribution in [0.4, 0.5) is 0 Å². The predicted molar refractivity (Wildman–Crippen MR) is 59.3 cm³/mol. The zero-order valence-corrected chi connectivity index (χ0v) is 9.75. The minimum atomic E-state index is 0.310. The van der Waals surface area contributed by atoms with Crippen molar-refractivity contribution in [3.05, 3.63) is 0 Å². The monoisotopic (exact) mass is 197 g/mol. The first kappa shape index (κ1) is 11.7. The molecule has 0 aromatic heterocycles. The highest BCUT2D eigenvalue weighted by Crippen LogP contribution is 2.21. The van der Waals surface area contributed by atoms with E-state index in [1.54, 1.807) is 0 Å². The summed E-state index contributed by atoms with van der Waals surface area (Å²) < 4.78 is 0. The van der Waals surface area contributed by atoms with Gasteiger partial charge < -0.3 is 4.90 Å². The van der Waals surface area contributed by atoms with Crippen molar-refractivity contribution in [2.24, 2.45) is 5.92 Å². The zero-order valence-electron chi connectivity index (χ0n) is 9.75. The quantitative estimate of drug-likeness (QED) is 0.648. The molecule has 2 nitrogen and oxygen atoms in total. The van der Waals surface area contributed by atoms with Crippen molar-refractivity contribution >= 4 is 5.78 Å². The molecule has 1 fully saturated rings. The fourth-order valence-corrected chi connectivity index (χ4v) is 1.98. The van der Waals surface area contributed by atoms with E-state index in [4.69, 9.17) is 0 Å². The predicted octanol–water partition coefficient (Wildman–Crippen LogP) is 2.48. The van der Waals surface area contributed by atoms with Crippen LogP contribution < -0.4 is 0 Å². The third-order valence-corrected chi connectivity index (χ3v) is 3.32. The first-order valence-electron chi connectivity index (χ1n) is 5.84. The topological polar surface area (TPSA) is 20.3 Å². The lowest BCUT2D eigenvalue weighted by Crippen LogP contribution is -2.34. The van der Waals surface area contributed by atoms with Crippen LogP contribution in [0, 0.1) is 5.92 Å². The average Bonchev–Trinajstić information content (AvgIpc) is 2.32. The summed E-state index contributed by atoms with van der Waals surface area (Å²) in [4.78, 5) is 14.0. The van der Waals surface area contributed by atoms with E-state index in [1.165, 1.54) is 12.8 Å². The lowest BCUT2D eigenvalue weighted by Gasteiger charge is -2.25. The summed E-state index contributed by atoms with van der Waals surface area (Å²) in [5.74, 6) is 0.805. The molecule has 1 saturated carbocycles. The zero-order chi connectivity index (χ0) is 10.6. The molecule has 0 spiro atoms. The number of hydrogen-bond donors (Lipinski definition) is 0. The van der Waals surface area contributed by atoms with Crippen LogP contribution in [0.1, 0.15) is 46.0 Å². The third kappa shape index (κ3) is 3.41. The summed E-state index contributed by atoms with van der Waals surface area (Å²) >= 11 is 0. The van der Waals surface area contributed by atoms with Crippen LogP contribution in [0.2, 0.25) is 0 Å². The van der Waals surface area contributed by atoms with E-state index in [-0.39, 0.29) is 0 Å².